The van der Waals surface area contributed by atoms with Crippen LogP contribution in [0.25, 0.3) is 0 Å². The second kappa shape index (κ2) is 8.99. The summed E-state index contributed by atoms with van der Waals surface area (Å²) in [4.78, 5) is 30.0. The molecule has 0 saturated carbocycles. The fourth-order valence-corrected chi connectivity index (χ4v) is 2.98. The second-order valence-electron chi connectivity index (χ2n) is 6.36. The van der Waals surface area contributed by atoms with Gasteiger partial charge < -0.3 is 15.5 Å². The van der Waals surface area contributed by atoms with Crippen molar-refractivity contribution in [2.24, 2.45) is 0 Å². The van der Waals surface area contributed by atoms with Crippen LogP contribution in [0.1, 0.15) is 35.2 Å². The van der Waals surface area contributed by atoms with Crippen molar-refractivity contribution in [1.29, 1.82) is 0 Å². The van der Waals surface area contributed by atoms with Crippen molar-refractivity contribution in [2.45, 2.75) is 25.8 Å². The number of anilines is 1. The Hall–Kier alpha value is -2.89. The molecule has 0 unspecified atom stereocenters. The molecule has 1 saturated heterocycles. The molecule has 0 spiro atoms. The highest BCUT2D eigenvalue weighted by Gasteiger charge is 2.18. The van der Waals surface area contributed by atoms with Gasteiger partial charge in [0.15, 0.2) is 0 Å². The fraction of sp³-hybridized carbons (Fsp3) is 0.350. The third-order valence-corrected chi connectivity index (χ3v) is 4.40. The van der Waals surface area contributed by atoms with Gasteiger partial charge in [-0.3, -0.25) is 9.59 Å². The molecular formula is C20H24N4O2. The van der Waals surface area contributed by atoms with E-state index in [-0.39, 0.29) is 11.8 Å². The highest BCUT2D eigenvalue weighted by atomic mass is 16.2. The number of hydrogen-bond acceptors (Lipinski definition) is 4. The van der Waals surface area contributed by atoms with Crippen LogP contribution in [0.5, 0.6) is 0 Å². The van der Waals surface area contributed by atoms with Crippen LogP contribution in [0.15, 0.2) is 48.7 Å². The Morgan fingerprint density at radius 1 is 1.19 bits per heavy atom. The Labute approximate surface area is 153 Å². The molecule has 1 aliphatic heterocycles. The number of pyridine rings is 1. The highest BCUT2D eigenvalue weighted by Crippen LogP contribution is 2.11. The van der Waals surface area contributed by atoms with Gasteiger partial charge >= 0.3 is 0 Å². The van der Waals surface area contributed by atoms with Gasteiger partial charge in [0.25, 0.3) is 5.91 Å². The third-order valence-electron chi connectivity index (χ3n) is 4.40. The van der Waals surface area contributed by atoms with Gasteiger partial charge in [0.2, 0.25) is 5.91 Å². The van der Waals surface area contributed by atoms with Crippen LogP contribution >= 0.6 is 0 Å². The molecule has 1 aliphatic rings. The molecule has 6 heteroatoms. The molecule has 0 atom stereocenters. The first-order chi connectivity index (χ1) is 12.7. The maximum atomic E-state index is 12.3. The molecule has 0 bridgehead atoms. The SMILES string of the molecule is O=C(NCc1ccccc1)c1ccnc(NCCCN2CCCC2=O)c1. The number of nitrogens with zero attached hydrogens (tertiary/aromatic N) is 2. The first kappa shape index (κ1) is 17.9. The summed E-state index contributed by atoms with van der Waals surface area (Å²) in [6.07, 6.45) is 4.13. The summed E-state index contributed by atoms with van der Waals surface area (Å²) in [6, 6.07) is 13.3. The largest absolute Gasteiger partial charge is 0.370 e. The van der Waals surface area contributed by atoms with Crippen LogP contribution in [-0.4, -0.2) is 41.3 Å². The molecule has 1 fully saturated rings. The molecule has 1 aromatic heterocycles. The van der Waals surface area contributed by atoms with Crippen LogP contribution < -0.4 is 10.6 Å². The van der Waals surface area contributed by atoms with Gasteiger partial charge in [0.1, 0.15) is 5.82 Å². The summed E-state index contributed by atoms with van der Waals surface area (Å²) in [7, 11) is 0. The molecule has 2 amide bonds. The van der Waals surface area contributed by atoms with Gasteiger partial charge in [-0.1, -0.05) is 30.3 Å². The zero-order valence-corrected chi connectivity index (χ0v) is 14.8. The zero-order chi connectivity index (χ0) is 18.2. The smallest absolute Gasteiger partial charge is 0.251 e. The summed E-state index contributed by atoms with van der Waals surface area (Å²) in [5.74, 6) is 0.798. The number of carbonyl (C=O) groups excluding carboxylic acids is 2. The summed E-state index contributed by atoms with van der Waals surface area (Å²) >= 11 is 0. The van der Waals surface area contributed by atoms with Crippen molar-refractivity contribution >= 4 is 17.6 Å². The maximum Gasteiger partial charge on any atom is 0.251 e. The predicted molar refractivity (Wildman–Crippen MR) is 101 cm³/mol. The second-order valence-corrected chi connectivity index (χ2v) is 6.36. The van der Waals surface area contributed by atoms with E-state index in [9.17, 15) is 9.59 Å². The number of hydrogen-bond donors (Lipinski definition) is 2. The molecule has 2 N–H and O–H groups in total. The van der Waals surface area contributed by atoms with E-state index in [1.54, 1.807) is 18.3 Å². The van der Waals surface area contributed by atoms with Crippen molar-refractivity contribution in [2.75, 3.05) is 25.0 Å². The van der Waals surface area contributed by atoms with E-state index in [1.807, 2.05) is 35.2 Å². The first-order valence-electron chi connectivity index (χ1n) is 9.02. The first-order valence-corrected chi connectivity index (χ1v) is 9.02. The topological polar surface area (TPSA) is 74.3 Å². The van der Waals surface area contributed by atoms with Crippen molar-refractivity contribution in [3.63, 3.8) is 0 Å². The monoisotopic (exact) mass is 352 g/mol. The van der Waals surface area contributed by atoms with Crippen LogP contribution in [0, 0.1) is 0 Å². The van der Waals surface area contributed by atoms with E-state index in [0.717, 1.165) is 31.5 Å². The van der Waals surface area contributed by atoms with Gasteiger partial charge in [-0.2, -0.15) is 0 Å². The van der Waals surface area contributed by atoms with Gasteiger partial charge in [-0.15, -0.1) is 0 Å². The molecule has 1 aromatic carbocycles. The Morgan fingerprint density at radius 2 is 2.04 bits per heavy atom. The minimum Gasteiger partial charge on any atom is -0.370 e. The van der Waals surface area contributed by atoms with Gasteiger partial charge in [-0.05, 0) is 30.5 Å². The van der Waals surface area contributed by atoms with E-state index in [0.29, 0.717) is 30.9 Å². The van der Waals surface area contributed by atoms with Crippen molar-refractivity contribution in [1.82, 2.24) is 15.2 Å². The van der Waals surface area contributed by atoms with Gasteiger partial charge in [0.05, 0.1) is 0 Å². The Kier molecular flexibility index (Phi) is 6.19. The molecule has 136 valence electrons. The van der Waals surface area contributed by atoms with Gasteiger partial charge in [0, 0.05) is 44.4 Å². The van der Waals surface area contributed by atoms with Crippen molar-refractivity contribution < 1.29 is 9.59 Å². The minimum atomic E-state index is -0.123. The minimum absolute atomic E-state index is 0.123. The number of rotatable bonds is 8. The number of nitrogens with one attached hydrogen (secondary N) is 2. The van der Waals surface area contributed by atoms with Crippen molar-refractivity contribution in [3.8, 4) is 0 Å². The number of aromatic nitrogens is 1. The lowest BCUT2D eigenvalue weighted by molar-refractivity contribution is -0.127. The number of carbonyl (C=O) groups is 2. The maximum absolute atomic E-state index is 12.3. The van der Waals surface area contributed by atoms with E-state index < -0.39 is 0 Å². The molecule has 6 nitrogen and oxygen atoms in total. The molecule has 0 aliphatic carbocycles. The molecule has 3 rings (SSSR count). The Bertz CT molecular complexity index is 748. The highest BCUT2D eigenvalue weighted by molar-refractivity contribution is 5.94. The lowest BCUT2D eigenvalue weighted by atomic mass is 10.2. The summed E-state index contributed by atoms with van der Waals surface area (Å²) < 4.78 is 0. The van der Waals surface area contributed by atoms with Gasteiger partial charge in [-0.25, -0.2) is 4.98 Å². The average Bonchev–Trinajstić information content (AvgIpc) is 3.09. The summed E-state index contributed by atoms with van der Waals surface area (Å²) in [5, 5.41) is 6.14. The van der Waals surface area contributed by atoms with E-state index in [2.05, 4.69) is 15.6 Å². The van der Waals surface area contributed by atoms with E-state index in [1.165, 1.54) is 0 Å². The van der Waals surface area contributed by atoms with Crippen LogP contribution in [0.4, 0.5) is 5.82 Å². The fourth-order valence-electron chi connectivity index (χ4n) is 2.98. The zero-order valence-electron chi connectivity index (χ0n) is 14.8. The van der Waals surface area contributed by atoms with E-state index in [4.69, 9.17) is 0 Å². The number of amides is 2. The normalized spacial score (nSPS) is 13.7. The molecule has 0 radical (unpaired) electrons. The average molecular weight is 352 g/mol. The molecular weight excluding hydrogens is 328 g/mol. The lowest BCUT2D eigenvalue weighted by Crippen LogP contribution is -2.27. The van der Waals surface area contributed by atoms with E-state index >= 15 is 0 Å². The van der Waals surface area contributed by atoms with Crippen LogP contribution in [-0.2, 0) is 11.3 Å². The Morgan fingerprint density at radius 3 is 2.81 bits per heavy atom. The summed E-state index contributed by atoms with van der Waals surface area (Å²) in [5.41, 5.74) is 1.64. The summed E-state index contributed by atoms with van der Waals surface area (Å²) in [6.45, 7) is 2.84. The third kappa shape index (κ3) is 5.05. The Balaban J connectivity index is 1.44. The quantitative estimate of drug-likeness (QED) is 0.716. The lowest BCUT2D eigenvalue weighted by Gasteiger charge is -2.15. The molecule has 2 aromatic rings. The van der Waals surface area contributed by atoms with Crippen LogP contribution in [0.2, 0.25) is 0 Å². The predicted octanol–water partition coefficient (Wildman–Crippen LogP) is 2.44. The number of benzene rings is 1. The molecule has 26 heavy (non-hydrogen) atoms. The van der Waals surface area contributed by atoms with Crippen molar-refractivity contribution in [3.05, 3.63) is 59.8 Å². The standard InChI is InChI=1S/C20H24N4O2/c25-19-8-4-12-24(19)13-5-10-21-18-14-17(9-11-22-18)20(26)23-15-16-6-2-1-3-7-16/h1-3,6-7,9,11,14H,4-5,8,10,12-13,15H2,(H,21,22)(H,23,26). The van der Waals surface area contributed by atoms with Crippen LogP contribution in [0.3, 0.4) is 0 Å². The number of likely N-dealkylation sites (tertiary alicyclic amines) is 1. The molecule has 2 heterocycles.